The maximum absolute atomic E-state index is 12.8. The Balaban J connectivity index is 2.04. The van der Waals surface area contributed by atoms with Gasteiger partial charge in [0.05, 0.1) is 0 Å². The Morgan fingerprint density at radius 3 is 2.61 bits per heavy atom. The summed E-state index contributed by atoms with van der Waals surface area (Å²) in [6.45, 7) is 3.65. The van der Waals surface area contributed by atoms with Crippen molar-refractivity contribution in [1.82, 2.24) is 10.2 Å². The Bertz CT molecular complexity index is 418. The molecule has 1 fully saturated rings. The molecule has 0 spiro atoms. The van der Waals surface area contributed by atoms with E-state index in [4.69, 9.17) is 0 Å². The van der Waals surface area contributed by atoms with Gasteiger partial charge in [-0.15, -0.1) is 0 Å². The molecule has 1 aromatic carbocycles. The Morgan fingerprint density at radius 1 is 1.39 bits per heavy atom. The van der Waals surface area contributed by atoms with Crippen LogP contribution >= 0.6 is 0 Å². The van der Waals surface area contributed by atoms with Gasteiger partial charge in [-0.2, -0.15) is 0 Å². The SMILES string of the molecule is CNC1CCN(C(=O)c2ccc(F)cc2)CC1C. The Morgan fingerprint density at radius 2 is 2.06 bits per heavy atom. The third kappa shape index (κ3) is 2.70. The molecule has 0 radical (unpaired) electrons. The fourth-order valence-corrected chi connectivity index (χ4v) is 2.53. The number of piperidine rings is 1. The fourth-order valence-electron chi connectivity index (χ4n) is 2.53. The number of carbonyl (C=O) groups is 1. The lowest BCUT2D eigenvalue weighted by molar-refractivity contribution is 0.0649. The molecule has 1 N–H and O–H groups in total. The summed E-state index contributed by atoms with van der Waals surface area (Å²) in [5, 5.41) is 3.27. The van der Waals surface area contributed by atoms with Crippen molar-refractivity contribution in [2.24, 2.45) is 5.92 Å². The minimum absolute atomic E-state index is 0.00333. The van der Waals surface area contributed by atoms with E-state index in [9.17, 15) is 9.18 Å². The van der Waals surface area contributed by atoms with E-state index in [2.05, 4.69) is 12.2 Å². The second-order valence-corrected chi connectivity index (χ2v) is 4.92. The average molecular weight is 250 g/mol. The van der Waals surface area contributed by atoms with Gasteiger partial charge in [0.1, 0.15) is 5.82 Å². The standard InChI is InChI=1S/C14H19FN2O/c1-10-9-17(8-7-13(10)16-2)14(18)11-3-5-12(15)6-4-11/h3-6,10,13,16H,7-9H2,1-2H3. The molecule has 1 aliphatic rings. The van der Waals surface area contributed by atoms with Crippen LogP contribution in [0.1, 0.15) is 23.7 Å². The first-order valence-electron chi connectivity index (χ1n) is 6.34. The first-order chi connectivity index (χ1) is 8.61. The van der Waals surface area contributed by atoms with E-state index in [0.29, 0.717) is 17.5 Å². The van der Waals surface area contributed by atoms with Gasteiger partial charge >= 0.3 is 0 Å². The summed E-state index contributed by atoms with van der Waals surface area (Å²) in [5.41, 5.74) is 0.562. The molecule has 0 aromatic heterocycles. The van der Waals surface area contributed by atoms with Crippen LogP contribution in [0.3, 0.4) is 0 Å². The van der Waals surface area contributed by atoms with Crippen molar-refractivity contribution in [1.29, 1.82) is 0 Å². The van der Waals surface area contributed by atoms with Gasteiger partial charge < -0.3 is 10.2 Å². The first-order valence-corrected chi connectivity index (χ1v) is 6.34. The Labute approximate surface area is 107 Å². The van der Waals surface area contributed by atoms with Crippen molar-refractivity contribution >= 4 is 5.91 Å². The highest BCUT2D eigenvalue weighted by molar-refractivity contribution is 5.94. The zero-order chi connectivity index (χ0) is 13.1. The highest BCUT2D eigenvalue weighted by Crippen LogP contribution is 2.18. The molecule has 0 aliphatic carbocycles. The lowest BCUT2D eigenvalue weighted by Crippen LogP contribution is -2.49. The third-order valence-electron chi connectivity index (χ3n) is 3.65. The fraction of sp³-hybridized carbons (Fsp3) is 0.500. The van der Waals surface area contributed by atoms with Crippen LogP contribution in [0.15, 0.2) is 24.3 Å². The van der Waals surface area contributed by atoms with Crippen LogP contribution in [-0.4, -0.2) is 37.0 Å². The number of nitrogens with zero attached hydrogens (tertiary/aromatic N) is 1. The maximum Gasteiger partial charge on any atom is 0.253 e. The van der Waals surface area contributed by atoms with Crippen LogP contribution in [0.2, 0.25) is 0 Å². The van der Waals surface area contributed by atoms with Crippen LogP contribution in [0, 0.1) is 11.7 Å². The molecule has 18 heavy (non-hydrogen) atoms. The zero-order valence-electron chi connectivity index (χ0n) is 10.8. The molecular formula is C14H19FN2O. The van der Waals surface area contributed by atoms with Crippen LogP contribution < -0.4 is 5.32 Å². The van der Waals surface area contributed by atoms with Crippen molar-refractivity contribution < 1.29 is 9.18 Å². The average Bonchev–Trinajstić information content (AvgIpc) is 2.38. The number of hydrogen-bond acceptors (Lipinski definition) is 2. The van der Waals surface area contributed by atoms with Crippen LogP contribution in [-0.2, 0) is 0 Å². The van der Waals surface area contributed by atoms with Crippen LogP contribution in [0.5, 0.6) is 0 Å². The smallest absolute Gasteiger partial charge is 0.253 e. The molecule has 1 saturated heterocycles. The lowest BCUT2D eigenvalue weighted by atomic mass is 9.93. The summed E-state index contributed by atoms with van der Waals surface area (Å²) in [4.78, 5) is 14.1. The van der Waals surface area contributed by atoms with Crippen LogP contribution in [0.25, 0.3) is 0 Å². The number of carbonyl (C=O) groups excluding carboxylic acids is 1. The predicted molar refractivity (Wildman–Crippen MR) is 68.9 cm³/mol. The maximum atomic E-state index is 12.8. The number of amides is 1. The summed E-state index contributed by atoms with van der Waals surface area (Å²) in [6, 6.07) is 6.23. The normalized spacial score (nSPS) is 24.1. The van der Waals surface area contributed by atoms with Crippen molar-refractivity contribution in [2.45, 2.75) is 19.4 Å². The summed E-state index contributed by atoms with van der Waals surface area (Å²) >= 11 is 0. The van der Waals surface area contributed by atoms with Crippen molar-refractivity contribution in [2.75, 3.05) is 20.1 Å². The topological polar surface area (TPSA) is 32.3 Å². The third-order valence-corrected chi connectivity index (χ3v) is 3.65. The molecule has 1 aliphatic heterocycles. The zero-order valence-corrected chi connectivity index (χ0v) is 10.8. The Kier molecular flexibility index (Phi) is 3.97. The van der Waals surface area contributed by atoms with Gasteiger partial charge in [0.15, 0.2) is 0 Å². The lowest BCUT2D eigenvalue weighted by Gasteiger charge is -2.36. The second kappa shape index (κ2) is 5.48. The molecule has 2 atom stereocenters. The molecule has 1 amide bonds. The summed E-state index contributed by atoms with van der Waals surface area (Å²) < 4.78 is 12.8. The summed E-state index contributed by atoms with van der Waals surface area (Å²) in [5.74, 6) is 0.123. The van der Waals surface area contributed by atoms with E-state index in [1.807, 2.05) is 11.9 Å². The predicted octanol–water partition coefficient (Wildman–Crippen LogP) is 1.90. The summed E-state index contributed by atoms with van der Waals surface area (Å²) in [6.07, 6.45) is 0.963. The first kappa shape index (κ1) is 13.0. The van der Waals surface area contributed by atoms with Gasteiger partial charge in [-0.25, -0.2) is 4.39 Å². The highest BCUT2D eigenvalue weighted by atomic mass is 19.1. The van der Waals surface area contributed by atoms with Gasteiger partial charge in [0.25, 0.3) is 5.91 Å². The quantitative estimate of drug-likeness (QED) is 0.869. The van der Waals surface area contributed by atoms with Crippen molar-refractivity contribution in [3.8, 4) is 0 Å². The number of nitrogens with one attached hydrogen (secondary N) is 1. The number of hydrogen-bond donors (Lipinski definition) is 1. The van der Waals surface area contributed by atoms with E-state index in [-0.39, 0.29) is 11.7 Å². The number of halogens is 1. The number of likely N-dealkylation sites (tertiary alicyclic amines) is 1. The molecule has 0 saturated carbocycles. The van der Waals surface area contributed by atoms with Gasteiger partial charge in [-0.05, 0) is 43.7 Å². The highest BCUT2D eigenvalue weighted by Gasteiger charge is 2.27. The molecule has 1 aromatic rings. The monoisotopic (exact) mass is 250 g/mol. The van der Waals surface area contributed by atoms with E-state index >= 15 is 0 Å². The van der Waals surface area contributed by atoms with Crippen LogP contribution in [0.4, 0.5) is 4.39 Å². The molecule has 3 nitrogen and oxygen atoms in total. The minimum atomic E-state index is -0.311. The van der Waals surface area contributed by atoms with Gasteiger partial charge in [0, 0.05) is 24.7 Å². The van der Waals surface area contributed by atoms with Gasteiger partial charge in [0.2, 0.25) is 0 Å². The molecule has 4 heteroatoms. The minimum Gasteiger partial charge on any atom is -0.338 e. The second-order valence-electron chi connectivity index (χ2n) is 4.92. The summed E-state index contributed by atoms with van der Waals surface area (Å²) in [7, 11) is 1.96. The van der Waals surface area contributed by atoms with Crippen molar-refractivity contribution in [3.63, 3.8) is 0 Å². The molecular weight excluding hydrogens is 231 g/mol. The largest absolute Gasteiger partial charge is 0.338 e. The van der Waals surface area contributed by atoms with Crippen molar-refractivity contribution in [3.05, 3.63) is 35.6 Å². The van der Waals surface area contributed by atoms with E-state index < -0.39 is 0 Å². The number of benzene rings is 1. The number of rotatable bonds is 2. The molecule has 0 bridgehead atoms. The molecule has 2 unspecified atom stereocenters. The van der Waals surface area contributed by atoms with E-state index in [1.54, 1.807) is 12.1 Å². The van der Waals surface area contributed by atoms with Gasteiger partial charge in [-0.1, -0.05) is 6.92 Å². The van der Waals surface area contributed by atoms with E-state index in [1.165, 1.54) is 12.1 Å². The van der Waals surface area contributed by atoms with Gasteiger partial charge in [-0.3, -0.25) is 4.79 Å². The van der Waals surface area contributed by atoms with E-state index in [0.717, 1.165) is 19.5 Å². The molecule has 2 rings (SSSR count). The molecule has 98 valence electrons. The Hall–Kier alpha value is -1.42. The molecule has 1 heterocycles.